The van der Waals surface area contributed by atoms with Gasteiger partial charge in [0.15, 0.2) is 0 Å². The molecule has 0 aliphatic carbocycles. The van der Waals surface area contributed by atoms with Crippen molar-refractivity contribution in [3.8, 4) is 10.6 Å². The van der Waals surface area contributed by atoms with E-state index in [2.05, 4.69) is 25.7 Å². The van der Waals surface area contributed by atoms with Gasteiger partial charge in [0.2, 0.25) is 5.13 Å². The molecule has 2 N–H and O–H groups in total. The van der Waals surface area contributed by atoms with Gasteiger partial charge in [0.05, 0.1) is 26.9 Å². The molecule has 0 spiro atoms. The lowest BCUT2D eigenvalue weighted by Gasteiger charge is -2.15. The maximum Gasteiger partial charge on any atom is 0.416 e. The molecule has 0 fully saturated rings. The third-order valence-electron chi connectivity index (χ3n) is 5.98. The number of carbonyl (C=O) groups is 1. The summed E-state index contributed by atoms with van der Waals surface area (Å²) in [4.78, 5) is 11.2. The monoisotopic (exact) mass is 627 g/mol. The van der Waals surface area contributed by atoms with E-state index in [0.717, 1.165) is 12.1 Å². The van der Waals surface area contributed by atoms with E-state index in [9.17, 15) is 18.0 Å². The fraction of sp³-hybridized carbons (Fsp3) is 0.0690. The Labute approximate surface area is 251 Å². The van der Waals surface area contributed by atoms with Gasteiger partial charge in [-0.1, -0.05) is 64.9 Å². The Bertz CT molecular complexity index is 1780. The van der Waals surface area contributed by atoms with Crippen LogP contribution in [-0.2, 0) is 6.18 Å². The largest absolute Gasteiger partial charge is 0.478 e. The zero-order valence-electron chi connectivity index (χ0n) is 21.2. The number of nitrogens with zero attached hydrogens (tertiary/aromatic N) is 4. The van der Waals surface area contributed by atoms with Gasteiger partial charge in [0.1, 0.15) is 11.0 Å². The number of hydrogen-bond acceptors (Lipinski definition) is 7. The molecule has 0 saturated carbocycles. The van der Waals surface area contributed by atoms with Gasteiger partial charge >= 0.3 is 12.1 Å². The molecular weight excluding hydrogens is 610 g/mol. The van der Waals surface area contributed by atoms with Crippen LogP contribution in [0.4, 0.5) is 29.7 Å². The lowest BCUT2D eigenvalue weighted by Crippen LogP contribution is -2.07. The highest BCUT2D eigenvalue weighted by Gasteiger charge is 2.31. The van der Waals surface area contributed by atoms with Crippen molar-refractivity contribution in [1.82, 2.24) is 10.2 Å². The van der Waals surface area contributed by atoms with E-state index in [0.29, 0.717) is 42.7 Å². The summed E-state index contributed by atoms with van der Waals surface area (Å²) in [6.45, 7) is 0. The number of carboxylic acids is 1. The smallest absolute Gasteiger partial charge is 0.416 e. The third kappa shape index (κ3) is 6.93. The summed E-state index contributed by atoms with van der Waals surface area (Å²) in [7, 11) is 0. The molecule has 13 heteroatoms. The average Bonchev–Trinajstić information content (AvgIpc) is 3.44. The molecule has 212 valence electrons. The maximum absolute atomic E-state index is 13.5. The van der Waals surface area contributed by atoms with Gasteiger partial charge in [-0.15, -0.1) is 10.2 Å². The predicted molar refractivity (Wildman–Crippen MR) is 156 cm³/mol. The van der Waals surface area contributed by atoms with Crippen LogP contribution in [-0.4, -0.2) is 21.3 Å². The Morgan fingerprint density at radius 2 is 1.60 bits per heavy atom. The molecular formula is C29H18Cl2F3N5O2S. The zero-order valence-corrected chi connectivity index (χ0v) is 23.5. The van der Waals surface area contributed by atoms with Gasteiger partial charge in [-0.3, -0.25) is 0 Å². The summed E-state index contributed by atoms with van der Waals surface area (Å²) in [5.41, 5.74) is 1.77. The van der Waals surface area contributed by atoms with E-state index in [1.165, 1.54) is 41.7 Å². The number of hydrogen-bond donors (Lipinski definition) is 2. The number of anilines is 2. The van der Waals surface area contributed by atoms with Crippen molar-refractivity contribution in [3.05, 3.63) is 123 Å². The van der Waals surface area contributed by atoms with E-state index in [1.807, 2.05) is 0 Å². The van der Waals surface area contributed by atoms with Gasteiger partial charge in [-0.25, -0.2) is 4.79 Å². The fourth-order valence-corrected chi connectivity index (χ4v) is 4.99. The molecule has 7 nitrogen and oxygen atoms in total. The first-order chi connectivity index (χ1) is 20.1. The summed E-state index contributed by atoms with van der Waals surface area (Å²) in [5.74, 6) is -1.09. The van der Waals surface area contributed by atoms with Crippen molar-refractivity contribution < 1.29 is 23.1 Å². The molecule has 5 rings (SSSR count). The van der Waals surface area contributed by atoms with Crippen LogP contribution in [0.25, 0.3) is 10.6 Å². The maximum atomic E-state index is 13.5. The highest BCUT2D eigenvalue weighted by molar-refractivity contribution is 7.18. The second-order valence-electron chi connectivity index (χ2n) is 8.88. The first-order valence-electron chi connectivity index (χ1n) is 12.1. The quantitative estimate of drug-likeness (QED) is 0.167. The number of benzene rings is 4. The first kappa shape index (κ1) is 29.2. The molecule has 0 aliphatic heterocycles. The fourth-order valence-electron chi connectivity index (χ4n) is 3.94. The van der Waals surface area contributed by atoms with Crippen molar-refractivity contribution >= 4 is 57.0 Å². The molecule has 1 unspecified atom stereocenters. The number of alkyl halides is 3. The van der Waals surface area contributed by atoms with Crippen molar-refractivity contribution in [1.29, 1.82) is 0 Å². The Hall–Kier alpha value is -4.32. The topological polar surface area (TPSA) is 99.8 Å². The summed E-state index contributed by atoms with van der Waals surface area (Å²) in [6, 6.07) is 21.8. The van der Waals surface area contributed by atoms with E-state index < -0.39 is 23.8 Å². The Kier molecular flexibility index (Phi) is 8.53. The second-order valence-corrected chi connectivity index (χ2v) is 10.7. The number of nitrogens with one attached hydrogen (secondary N) is 1. The van der Waals surface area contributed by atoms with Crippen LogP contribution in [0.15, 0.2) is 101 Å². The number of azo groups is 1. The van der Waals surface area contributed by atoms with E-state index in [4.69, 9.17) is 28.3 Å². The molecule has 1 atom stereocenters. The highest BCUT2D eigenvalue weighted by atomic mass is 35.5. The number of aromatic nitrogens is 2. The van der Waals surface area contributed by atoms with Gasteiger partial charge < -0.3 is 10.4 Å². The van der Waals surface area contributed by atoms with Gasteiger partial charge in [0, 0.05) is 11.3 Å². The predicted octanol–water partition coefficient (Wildman–Crippen LogP) is 9.85. The van der Waals surface area contributed by atoms with Crippen molar-refractivity contribution in [3.63, 3.8) is 0 Å². The number of halogens is 5. The van der Waals surface area contributed by atoms with Crippen LogP contribution >= 0.6 is 34.5 Å². The summed E-state index contributed by atoms with van der Waals surface area (Å²) in [5, 5.41) is 31.1. The van der Waals surface area contributed by atoms with Crippen LogP contribution in [0, 0.1) is 0 Å². The minimum absolute atomic E-state index is 0.0705. The molecule has 0 bridgehead atoms. The first-order valence-corrected chi connectivity index (χ1v) is 13.7. The normalized spacial score (nSPS) is 12.4. The van der Waals surface area contributed by atoms with Crippen LogP contribution in [0.3, 0.4) is 0 Å². The number of carboxylic acid groups (broad SMARTS) is 1. The summed E-state index contributed by atoms with van der Waals surface area (Å²) in [6.07, 6.45) is -4.55. The van der Waals surface area contributed by atoms with Crippen molar-refractivity contribution in [2.24, 2.45) is 10.2 Å². The lowest BCUT2D eigenvalue weighted by molar-refractivity contribution is -0.137. The molecule has 1 aromatic heterocycles. The zero-order chi connectivity index (χ0) is 29.9. The summed E-state index contributed by atoms with van der Waals surface area (Å²) < 4.78 is 40.6. The molecule has 0 saturated heterocycles. The van der Waals surface area contributed by atoms with E-state index in [-0.39, 0.29) is 11.1 Å². The highest BCUT2D eigenvalue weighted by Crippen LogP contribution is 2.37. The number of aromatic carboxylic acids is 1. The third-order valence-corrected chi connectivity index (χ3v) is 7.60. The van der Waals surface area contributed by atoms with E-state index in [1.54, 1.807) is 48.5 Å². The Morgan fingerprint density at radius 3 is 2.29 bits per heavy atom. The molecule has 1 heterocycles. The summed E-state index contributed by atoms with van der Waals surface area (Å²) >= 11 is 13.3. The van der Waals surface area contributed by atoms with Gasteiger partial charge in [-0.2, -0.15) is 23.4 Å². The molecule has 5 aromatic rings. The lowest BCUT2D eigenvalue weighted by atomic mass is 9.96. The molecule has 0 aliphatic rings. The Balaban J connectivity index is 1.48. The molecule has 42 heavy (non-hydrogen) atoms. The van der Waals surface area contributed by atoms with Crippen LogP contribution in [0.2, 0.25) is 10.0 Å². The van der Waals surface area contributed by atoms with Crippen molar-refractivity contribution in [2.75, 3.05) is 5.32 Å². The van der Waals surface area contributed by atoms with Gasteiger partial charge in [-0.05, 0) is 71.8 Å². The van der Waals surface area contributed by atoms with Crippen LogP contribution < -0.4 is 5.32 Å². The standard InChI is InChI=1S/C29H18Cl2F3N5O2S/c30-23-12-11-22(15-24(23)31)35-28-39-38-26(42-28)19-5-1-3-17(13-19)25(18-4-2-6-20(14-18)29(32,33)34)37-36-21-9-7-16(8-10-21)27(40)41/h1-15,25H,(H,35,39)(H,40,41). The molecule has 4 aromatic carbocycles. The van der Waals surface area contributed by atoms with Crippen LogP contribution in [0.1, 0.15) is 33.1 Å². The van der Waals surface area contributed by atoms with E-state index >= 15 is 0 Å². The minimum atomic E-state index is -4.55. The Morgan fingerprint density at radius 1 is 0.881 bits per heavy atom. The average molecular weight is 628 g/mol. The molecule has 0 amide bonds. The minimum Gasteiger partial charge on any atom is -0.478 e. The second kappa shape index (κ2) is 12.3. The number of rotatable bonds is 8. The van der Waals surface area contributed by atoms with Crippen molar-refractivity contribution in [2.45, 2.75) is 12.2 Å². The van der Waals surface area contributed by atoms with Crippen LogP contribution in [0.5, 0.6) is 0 Å². The van der Waals surface area contributed by atoms with Gasteiger partial charge in [0.25, 0.3) is 0 Å². The SMILES string of the molecule is O=C(O)c1ccc(N=NC(c2cccc(-c3nnc(Nc4ccc(Cl)c(Cl)c4)s3)c2)c2cccc(C(F)(F)F)c2)cc1. The molecule has 0 radical (unpaired) electrons.